The molecule has 1 N–H and O–H groups in total. The van der Waals surface area contributed by atoms with Crippen molar-refractivity contribution in [1.82, 2.24) is 5.32 Å². The number of ether oxygens (including phenoxy) is 1. The molecule has 0 aromatic heterocycles. The fourth-order valence-electron chi connectivity index (χ4n) is 2.69. The Balaban J connectivity index is 3.07. The van der Waals surface area contributed by atoms with Crippen molar-refractivity contribution in [2.24, 2.45) is 5.92 Å². The number of halogens is 1. The molecule has 0 amide bonds. The Bertz CT molecular complexity index is 439. The number of hydrogen-bond acceptors (Lipinski definition) is 2. The van der Waals surface area contributed by atoms with Crippen molar-refractivity contribution in [3.05, 3.63) is 28.8 Å². The first-order valence-corrected chi connectivity index (χ1v) is 8.24. The molecule has 0 spiro atoms. The molecule has 0 saturated carbocycles. The zero-order chi connectivity index (χ0) is 16.0. The van der Waals surface area contributed by atoms with E-state index < -0.39 is 0 Å². The Morgan fingerprint density at radius 3 is 2.48 bits per heavy atom. The highest BCUT2D eigenvalue weighted by Crippen LogP contribution is 2.35. The Morgan fingerprint density at radius 1 is 1.29 bits per heavy atom. The first-order chi connectivity index (χ1) is 9.78. The summed E-state index contributed by atoms with van der Waals surface area (Å²) in [7, 11) is 1.73. The van der Waals surface area contributed by atoms with Crippen molar-refractivity contribution in [3.63, 3.8) is 0 Å². The molecular formula is C18H30ClNO. The standard InChI is InChI=1S/C18H30ClNO/c1-7-8-13(2)16(12-20-18(3,4)5)15-11-14(19)9-10-17(15)21-6/h9-11,13,16,20H,7-8,12H2,1-6H3. The summed E-state index contributed by atoms with van der Waals surface area (Å²) >= 11 is 6.21. The highest BCUT2D eigenvalue weighted by Gasteiger charge is 2.24. The molecule has 0 aliphatic rings. The van der Waals surface area contributed by atoms with E-state index in [9.17, 15) is 0 Å². The molecule has 0 bridgehead atoms. The molecule has 2 atom stereocenters. The lowest BCUT2D eigenvalue weighted by Gasteiger charge is -2.30. The lowest BCUT2D eigenvalue weighted by molar-refractivity contribution is 0.336. The normalized spacial score (nSPS) is 14.8. The maximum Gasteiger partial charge on any atom is 0.122 e. The summed E-state index contributed by atoms with van der Waals surface area (Å²) in [6.07, 6.45) is 2.39. The fourth-order valence-corrected chi connectivity index (χ4v) is 2.87. The molecular weight excluding hydrogens is 282 g/mol. The van der Waals surface area contributed by atoms with Gasteiger partial charge in [0.15, 0.2) is 0 Å². The molecule has 21 heavy (non-hydrogen) atoms. The number of nitrogens with one attached hydrogen (secondary N) is 1. The number of rotatable bonds is 7. The maximum absolute atomic E-state index is 6.21. The van der Waals surface area contributed by atoms with Gasteiger partial charge in [0.25, 0.3) is 0 Å². The Hall–Kier alpha value is -0.730. The first-order valence-electron chi connectivity index (χ1n) is 7.87. The van der Waals surface area contributed by atoms with Crippen LogP contribution in [0.2, 0.25) is 5.02 Å². The van der Waals surface area contributed by atoms with Crippen LogP contribution in [0.15, 0.2) is 18.2 Å². The van der Waals surface area contributed by atoms with Crippen LogP contribution in [-0.4, -0.2) is 19.2 Å². The van der Waals surface area contributed by atoms with E-state index in [0.717, 1.165) is 17.3 Å². The van der Waals surface area contributed by atoms with Gasteiger partial charge in [0.05, 0.1) is 7.11 Å². The molecule has 0 aliphatic carbocycles. The van der Waals surface area contributed by atoms with Crippen LogP contribution in [0.3, 0.4) is 0 Å². The Labute approximate surface area is 135 Å². The topological polar surface area (TPSA) is 21.3 Å². The summed E-state index contributed by atoms with van der Waals surface area (Å²) in [5.41, 5.74) is 1.32. The monoisotopic (exact) mass is 311 g/mol. The largest absolute Gasteiger partial charge is 0.496 e. The van der Waals surface area contributed by atoms with Crippen LogP contribution in [0.5, 0.6) is 5.75 Å². The third-order valence-corrected chi connectivity index (χ3v) is 4.11. The van der Waals surface area contributed by atoms with Crippen molar-refractivity contribution < 1.29 is 4.74 Å². The minimum atomic E-state index is 0.107. The van der Waals surface area contributed by atoms with Crippen molar-refractivity contribution in [1.29, 1.82) is 0 Å². The van der Waals surface area contributed by atoms with Gasteiger partial charge in [-0.05, 0) is 44.9 Å². The second-order valence-electron chi connectivity index (χ2n) is 6.89. The van der Waals surface area contributed by atoms with Gasteiger partial charge in [-0.1, -0.05) is 38.3 Å². The predicted octanol–water partition coefficient (Wildman–Crippen LogP) is 5.26. The molecule has 1 rings (SSSR count). The molecule has 120 valence electrons. The van der Waals surface area contributed by atoms with Crippen molar-refractivity contribution in [2.45, 2.75) is 58.9 Å². The van der Waals surface area contributed by atoms with Crippen LogP contribution in [0.4, 0.5) is 0 Å². The summed E-state index contributed by atoms with van der Waals surface area (Å²) in [6.45, 7) is 12.1. The highest BCUT2D eigenvalue weighted by atomic mass is 35.5. The molecule has 0 aliphatic heterocycles. The number of hydrogen-bond donors (Lipinski definition) is 1. The van der Waals surface area contributed by atoms with Gasteiger partial charge >= 0.3 is 0 Å². The molecule has 1 aromatic rings. The van der Waals surface area contributed by atoms with E-state index in [1.807, 2.05) is 12.1 Å². The molecule has 0 heterocycles. The zero-order valence-electron chi connectivity index (χ0n) is 14.3. The van der Waals surface area contributed by atoms with E-state index in [2.05, 4.69) is 46.0 Å². The molecule has 0 radical (unpaired) electrons. The highest BCUT2D eigenvalue weighted by molar-refractivity contribution is 6.30. The van der Waals surface area contributed by atoms with Gasteiger partial charge < -0.3 is 10.1 Å². The average molecular weight is 312 g/mol. The summed E-state index contributed by atoms with van der Waals surface area (Å²) in [5.74, 6) is 1.91. The van der Waals surface area contributed by atoms with Crippen LogP contribution in [0.25, 0.3) is 0 Å². The van der Waals surface area contributed by atoms with Crippen molar-refractivity contribution in [3.8, 4) is 5.75 Å². The number of methoxy groups -OCH3 is 1. The van der Waals surface area contributed by atoms with Gasteiger partial charge in [-0.2, -0.15) is 0 Å². The fraction of sp³-hybridized carbons (Fsp3) is 0.667. The third kappa shape index (κ3) is 5.88. The molecule has 0 saturated heterocycles. The van der Waals surface area contributed by atoms with Gasteiger partial charge in [-0.15, -0.1) is 0 Å². The van der Waals surface area contributed by atoms with Gasteiger partial charge in [0.1, 0.15) is 5.75 Å². The van der Waals surface area contributed by atoms with Gasteiger partial charge in [-0.3, -0.25) is 0 Å². The van der Waals surface area contributed by atoms with E-state index in [0.29, 0.717) is 11.8 Å². The minimum Gasteiger partial charge on any atom is -0.496 e. The summed E-state index contributed by atoms with van der Waals surface area (Å²) in [4.78, 5) is 0. The van der Waals surface area contributed by atoms with Crippen molar-refractivity contribution >= 4 is 11.6 Å². The van der Waals surface area contributed by atoms with Gasteiger partial charge in [-0.25, -0.2) is 0 Å². The first kappa shape index (κ1) is 18.3. The van der Waals surface area contributed by atoms with Crippen LogP contribution < -0.4 is 10.1 Å². The van der Waals surface area contributed by atoms with Crippen molar-refractivity contribution in [2.75, 3.05) is 13.7 Å². The predicted molar refractivity (Wildman–Crippen MR) is 92.6 cm³/mol. The maximum atomic E-state index is 6.21. The molecule has 2 nitrogen and oxygen atoms in total. The van der Waals surface area contributed by atoms with Crippen LogP contribution in [0, 0.1) is 5.92 Å². The van der Waals surface area contributed by atoms with Gasteiger partial charge in [0.2, 0.25) is 0 Å². The Morgan fingerprint density at radius 2 is 1.95 bits per heavy atom. The van der Waals surface area contributed by atoms with E-state index in [1.165, 1.54) is 18.4 Å². The minimum absolute atomic E-state index is 0.107. The SMILES string of the molecule is CCCC(C)C(CNC(C)(C)C)c1cc(Cl)ccc1OC. The molecule has 0 fully saturated rings. The van der Waals surface area contributed by atoms with Crippen LogP contribution >= 0.6 is 11.6 Å². The second-order valence-corrected chi connectivity index (χ2v) is 7.33. The average Bonchev–Trinajstić information content (AvgIpc) is 2.38. The van der Waals surface area contributed by atoms with E-state index in [1.54, 1.807) is 7.11 Å². The molecule has 1 aromatic carbocycles. The lowest BCUT2D eigenvalue weighted by atomic mass is 9.83. The quantitative estimate of drug-likeness (QED) is 0.742. The number of benzene rings is 1. The lowest BCUT2D eigenvalue weighted by Crippen LogP contribution is -2.39. The van der Waals surface area contributed by atoms with E-state index >= 15 is 0 Å². The summed E-state index contributed by atoms with van der Waals surface area (Å²) < 4.78 is 5.56. The second kappa shape index (κ2) is 8.05. The smallest absolute Gasteiger partial charge is 0.122 e. The molecule has 2 unspecified atom stereocenters. The van der Waals surface area contributed by atoms with Gasteiger partial charge in [0, 0.05) is 28.6 Å². The summed E-state index contributed by atoms with van der Waals surface area (Å²) in [5, 5.41) is 4.41. The van der Waals surface area contributed by atoms with Crippen LogP contribution in [-0.2, 0) is 0 Å². The zero-order valence-corrected chi connectivity index (χ0v) is 15.1. The van der Waals surface area contributed by atoms with E-state index in [4.69, 9.17) is 16.3 Å². The Kier molecular flexibility index (Phi) is 7.02. The summed E-state index contributed by atoms with van der Waals surface area (Å²) in [6, 6.07) is 5.92. The van der Waals surface area contributed by atoms with Crippen LogP contribution in [0.1, 0.15) is 58.9 Å². The van der Waals surface area contributed by atoms with E-state index in [-0.39, 0.29) is 5.54 Å². The molecule has 3 heteroatoms. The third-order valence-electron chi connectivity index (χ3n) is 3.87.